The highest BCUT2D eigenvalue weighted by Crippen LogP contribution is 2.23. The molecule has 1 heterocycles. The Morgan fingerprint density at radius 2 is 2.00 bits per heavy atom. The Bertz CT molecular complexity index is 343. The largest absolute Gasteiger partial charge is 0.328 e. The predicted octanol–water partition coefficient (Wildman–Crippen LogP) is 2.24. The van der Waals surface area contributed by atoms with E-state index < -0.39 is 6.55 Å². The first-order valence-electron chi connectivity index (χ1n) is 6.00. The van der Waals surface area contributed by atoms with E-state index in [2.05, 4.69) is 0 Å². The van der Waals surface area contributed by atoms with Crippen LogP contribution in [0.4, 0.5) is 8.78 Å². The second kappa shape index (κ2) is 5.56. The number of nitrogens with two attached hydrogens (primary N) is 1. The molecule has 1 aliphatic rings. The summed E-state index contributed by atoms with van der Waals surface area (Å²) in [5, 5.41) is 0. The van der Waals surface area contributed by atoms with Crippen molar-refractivity contribution in [2.24, 2.45) is 5.73 Å². The van der Waals surface area contributed by atoms with Crippen LogP contribution in [-0.2, 0) is 6.42 Å². The van der Waals surface area contributed by atoms with Crippen LogP contribution in [0.2, 0.25) is 0 Å². The first-order chi connectivity index (χ1) is 8.16. The smallest absolute Gasteiger partial charge is 0.295 e. The van der Waals surface area contributed by atoms with Gasteiger partial charge in [-0.2, -0.15) is 8.78 Å². The molecule has 1 aromatic carbocycles. The number of nitrogens with zero attached hydrogens (tertiary/aromatic N) is 1. The van der Waals surface area contributed by atoms with Gasteiger partial charge in [-0.1, -0.05) is 30.3 Å². The third-order valence-corrected chi connectivity index (χ3v) is 3.37. The Morgan fingerprint density at radius 1 is 1.29 bits per heavy atom. The van der Waals surface area contributed by atoms with Gasteiger partial charge < -0.3 is 5.73 Å². The number of halogens is 2. The number of likely N-dealkylation sites (tertiary alicyclic amines) is 1. The Balaban J connectivity index is 2.05. The number of piperidine rings is 1. The number of hydrogen-bond acceptors (Lipinski definition) is 2. The number of rotatable bonds is 3. The highest BCUT2D eigenvalue weighted by Gasteiger charge is 2.31. The molecule has 2 unspecified atom stereocenters. The molecular formula is C13H18F2N2. The minimum atomic E-state index is -2.38. The average Bonchev–Trinajstić information content (AvgIpc) is 2.30. The molecule has 4 heteroatoms. The van der Waals surface area contributed by atoms with Gasteiger partial charge in [0, 0.05) is 18.6 Å². The lowest BCUT2D eigenvalue weighted by molar-refractivity contribution is -0.0697. The zero-order valence-electron chi connectivity index (χ0n) is 9.73. The van der Waals surface area contributed by atoms with E-state index in [9.17, 15) is 8.78 Å². The minimum Gasteiger partial charge on any atom is -0.328 e. The number of alkyl halides is 2. The van der Waals surface area contributed by atoms with Crippen LogP contribution in [0.25, 0.3) is 0 Å². The van der Waals surface area contributed by atoms with Crippen molar-refractivity contribution in [3.8, 4) is 0 Å². The molecule has 2 N–H and O–H groups in total. The SMILES string of the molecule is NC1CCN(C(F)F)C(Cc2ccccc2)C1. The van der Waals surface area contributed by atoms with Crippen molar-refractivity contribution in [3.05, 3.63) is 35.9 Å². The molecule has 0 bridgehead atoms. The quantitative estimate of drug-likeness (QED) is 0.821. The van der Waals surface area contributed by atoms with Crippen molar-refractivity contribution in [1.82, 2.24) is 4.90 Å². The van der Waals surface area contributed by atoms with Crippen molar-refractivity contribution < 1.29 is 8.78 Å². The van der Waals surface area contributed by atoms with Crippen molar-refractivity contribution in [1.29, 1.82) is 0 Å². The van der Waals surface area contributed by atoms with Gasteiger partial charge >= 0.3 is 0 Å². The number of benzene rings is 1. The van der Waals surface area contributed by atoms with Gasteiger partial charge in [0.25, 0.3) is 6.55 Å². The van der Waals surface area contributed by atoms with Gasteiger partial charge in [-0.05, 0) is 24.8 Å². The van der Waals surface area contributed by atoms with Crippen LogP contribution in [0.3, 0.4) is 0 Å². The van der Waals surface area contributed by atoms with Crippen molar-refractivity contribution >= 4 is 0 Å². The van der Waals surface area contributed by atoms with Crippen molar-refractivity contribution in [2.45, 2.75) is 37.9 Å². The molecule has 1 aliphatic heterocycles. The lowest BCUT2D eigenvalue weighted by Crippen LogP contribution is -2.50. The fourth-order valence-electron chi connectivity index (χ4n) is 2.44. The predicted molar refractivity (Wildman–Crippen MR) is 63.9 cm³/mol. The van der Waals surface area contributed by atoms with Gasteiger partial charge in [-0.25, -0.2) is 4.90 Å². The summed E-state index contributed by atoms with van der Waals surface area (Å²) >= 11 is 0. The Hall–Kier alpha value is -1.00. The monoisotopic (exact) mass is 240 g/mol. The fourth-order valence-corrected chi connectivity index (χ4v) is 2.44. The normalized spacial score (nSPS) is 26.4. The van der Waals surface area contributed by atoms with Crippen LogP contribution < -0.4 is 5.73 Å². The van der Waals surface area contributed by atoms with Gasteiger partial charge in [0.15, 0.2) is 0 Å². The molecule has 0 saturated carbocycles. The molecule has 1 saturated heterocycles. The molecule has 0 amide bonds. The van der Waals surface area contributed by atoms with E-state index in [1.165, 1.54) is 4.90 Å². The molecule has 0 aliphatic carbocycles. The summed E-state index contributed by atoms with van der Waals surface area (Å²) in [6.07, 6.45) is 1.97. The van der Waals surface area contributed by atoms with Gasteiger partial charge in [0.1, 0.15) is 0 Å². The summed E-state index contributed by atoms with van der Waals surface area (Å²) in [6.45, 7) is -1.98. The molecular weight excluding hydrogens is 222 g/mol. The minimum absolute atomic E-state index is 0.0544. The van der Waals surface area contributed by atoms with E-state index in [-0.39, 0.29) is 12.1 Å². The van der Waals surface area contributed by atoms with Gasteiger partial charge in [-0.15, -0.1) is 0 Å². The molecule has 2 atom stereocenters. The van der Waals surface area contributed by atoms with E-state index >= 15 is 0 Å². The van der Waals surface area contributed by atoms with Crippen molar-refractivity contribution in [3.63, 3.8) is 0 Å². The zero-order chi connectivity index (χ0) is 12.3. The Morgan fingerprint density at radius 3 is 2.65 bits per heavy atom. The number of hydrogen-bond donors (Lipinski definition) is 1. The van der Waals surface area contributed by atoms with E-state index in [0.29, 0.717) is 25.8 Å². The first-order valence-corrected chi connectivity index (χ1v) is 6.00. The van der Waals surface area contributed by atoms with Gasteiger partial charge in [0.2, 0.25) is 0 Å². The van der Waals surface area contributed by atoms with Crippen LogP contribution >= 0.6 is 0 Å². The molecule has 1 aromatic rings. The van der Waals surface area contributed by atoms with Crippen LogP contribution in [0, 0.1) is 0 Å². The average molecular weight is 240 g/mol. The maximum Gasteiger partial charge on any atom is 0.295 e. The van der Waals surface area contributed by atoms with Crippen LogP contribution in [0.1, 0.15) is 18.4 Å². The van der Waals surface area contributed by atoms with E-state index in [0.717, 1.165) is 5.56 Å². The van der Waals surface area contributed by atoms with Gasteiger partial charge in [0.05, 0.1) is 0 Å². The lowest BCUT2D eigenvalue weighted by atomic mass is 9.93. The molecule has 0 spiro atoms. The zero-order valence-corrected chi connectivity index (χ0v) is 9.73. The third-order valence-electron chi connectivity index (χ3n) is 3.37. The summed E-state index contributed by atoms with van der Waals surface area (Å²) in [5.41, 5.74) is 6.96. The molecule has 0 radical (unpaired) electrons. The van der Waals surface area contributed by atoms with Crippen LogP contribution in [-0.4, -0.2) is 30.1 Å². The van der Waals surface area contributed by atoms with Crippen molar-refractivity contribution in [2.75, 3.05) is 6.54 Å². The lowest BCUT2D eigenvalue weighted by Gasteiger charge is -2.37. The summed E-state index contributed by atoms with van der Waals surface area (Å²) in [5.74, 6) is 0. The Labute approximate surface area is 100 Å². The summed E-state index contributed by atoms with van der Waals surface area (Å²) < 4.78 is 25.8. The molecule has 17 heavy (non-hydrogen) atoms. The second-order valence-electron chi connectivity index (χ2n) is 4.64. The van der Waals surface area contributed by atoms with E-state index in [1.54, 1.807) is 0 Å². The molecule has 94 valence electrons. The maximum absolute atomic E-state index is 12.9. The topological polar surface area (TPSA) is 29.3 Å². The summed E-state index contributed by atoms with van der Waals surface area (Å²) in [7, 11) is 0. The molecule has 0 aromatic heterocycles. The fraction of sp³-hybridized carbons (Fsp3) is 0.538. The highest BCUT2D eigenvalue weighted by atomic mass is 19.3. The van der Waals surface area contributed by atoms with Gasteiger partial charge in [-0.3, -0.25) is 0 Å². The maximum atomic E-state index is 12.9. The second-order valence-corrected chi connectivity index (χ2v) is 4.64. The van der Waals surface area contributed by atoms with E-state index in [4.69, 9.17) is 5.73 Å². The first kappa shape index (κ1) is 12.5. The summed E-state index contributed by atoms with van der Waals surface area (Å²) in [6, 6.07) is 9.67. The summed E-state index contributed by atoms with van der Waals surface area (Å²) in [4.78, 5) is 1.27. The molecule has 2 rings (SSSR count). The Kier molecular flexibility index (Phi) is 4.07. The third kappa shape index (κ3) is 3.23. The standard InChI is InChI=1S/C13H18F2N2/c14-13(15)17-7-6-11(16)9-12(17)8-10-4-2-1-3-5-10/h1-5,11-13H,6-9,16H2. The van der Waals surface area contributed by atoms with Crippen LogP contribution in [0.15, 0.2) is 30.3 Å². The highest BCUT2D eigenvalue weighted by molar-refractivity contribution is 5.16. The molecule has 2 nitrogen and oxygen atoms in total. The van der Waals surface area contributed by atoms with E-state index in [1.807, 2.05) is 30.3 Å². The molecule has 1 fully saturated rings. The van der Waals surface area contributed by atoms with Crippen LogP contribution in [0.5, 0.6) is 0 Å².